The molecule has 0 unspecified atom stereocenters. The van der Waals surface area contributed by atoms with Crippen molar-refractivity contribution in [1.82, 2.24) is 0 Å². The highest BCUT2D eigenvalue weighted by Crippen LogP contribution is 2.30. The highest BCUT2D eigenvalue weighted by Gasteiger charge is 2.12. The third-order valence-corrected chi connectivity index (χ3v) is 3.36. The number of hydrogen-bond acceptors (Lipinski definition) is 6. The van der Waals surface area contributed by atoms with Crippen LogP contribution in [0.5, 0.6) is 5.75 Å². The third-order valence-electron chi connectivity index (χ3n) is 2.69. The molecule has 0 aliphatic carbocycles. The minimum Gasteiger partial charge on any atom is -0.505 e. The van der Waals surface area contributed by atoms with E-state index < -0.39 is 9.85 Å². The number of non-ortho nitro benzene ring substituents is 1. The molecule has 9 heteroatoms. The van der Waals surface area contributed by atoms with Crippen LogP contribution < -0.4 is 0 Å². The van der Waals surface area contributed by atoms with Gasteiger partial charge in [0.1, 0.15) is 11.4 Å². The van der Waals surface area contributed by atoms with Crippen molar-refractivity contribution in [3.05, 3.63) is 66.7 Å². The van der Waals surface area contributed by atoms with Gasteiger partial charge in [0.05, 0.1) is 20.4 Å². The van der Waals surface area contributed by atoms with Gasteiger partial charge >= 0.3 is 0 Å². The van der Waals surface area contributed by atoms with E-state index in [9.17, 15) is 25.3 Å². The van der Waals surface area contributed by atoms with Gasteiger partial charge in [0, 0.05) is 18.3 Å². The molecule has 0 bridgehead atoms. The second-order valence-corrected chi connectivity index (χ2v) is 5.01. The van der Waals surface area contributed by atoms with Gasteiger partial charge < -0.3 is 5.11 Å². The van der Waals surface area contributed by atoms with Gasteiger partial charge in [0.2, 0.25) is 0 Å². The van der Waals surface area contributed by atoms with Crippen molar-refractivity contribution in [2.45, 2.75) is 0 Å². The van der Waals surface area contributed by atoms with Crippen molar-refractivity contribution >= 4 is 39.2 Å². The van der Waals surface area contributed by atoms with Gasteiger partial charge in [-0.1, -0.05) is 6.07 Å². The van der Waals surface area contributed by atoms with Crippen LogP contribution in [0.4, 0.5) is 17.1 Å². The standard InChI is InChI=1S/C13H8BrN3O5/c14-10-3-1-8(5-12(10)17(21)22)7-15-11-4-2-9(16(19)20)6-13(11)18/h1-7,18H. The maximum Gasteiger partial charge on any atom is 0.284 e. The molecule has 0 saturated carbocycles. The van der Waals surface area contributed by atoms with Crippen LogP contribution in [0.2, 0.25) is 0 Å². The first kappa shape index (κ1) is 15.6. The molecule has 0 fully saturated rings. The van der Waals surface area contributed by atoms with Crippen LogP contribution >= 0.6 is 15.9 Å². The molecule has 0 aliphatic rings. The average molecular weight is 366 g/mol. The molecule has 8 nitrogen and oxygen atoms in total. The molecular weight excluding hydrogens is 358 g/mol. The number of nitrogens with zero attached hydrogens (tertiary/aromatic N) is 3. The summed E-state index contributed by atoms with van der Waals surface area (Å²) in [5, 5.41) is 31.1. The van der Waals surface area contributed by atoms with Crippen molar-refractivity contribution in [3.63, 3.8) is 0 Å². The Kier molecular flexibility index (Phi) is 4.47. The Hall–Kier alpha value is -2.81. The van der Waals surface area contributed by atoms with E-state index in [1.807, 2.05) is 0 Å². The van der Waals surface area contributed by atoms with Crippen LogP contribution in [0.25, 0.3) is 0 Å². The number of phenolic OH excluding ortho intramolecular Hbond substituents is 1. The highest BCUT2D eigenvalue weighted by atomic mass is 79.9. The van der Waals surface area contributed by atoms with Gasteiger partial charge in [0.15, 0.2) is 0 Å². The fourth-order valence-corrected chi connectivity index (χ4v) is 2.02. The smallest absolute Gasteiger partial charge is 0.284 e. The van der Waals surface area contributed by atoms with Crippen molar-refractivity contribution in [1.29, 1.82) is 0 Å². The molecule has 2 aromatic carbocycles. The summed E-state index contributed by atoms with van der Waals surface area (Å²) in [6, 6.07) is 7.90. The molecule has 0 atom stereocenters. The number of phenols is 1. The van der Waals surface area contributed by atoms with Crippen molar-refractivity contribution in [2.24, 2.45) is 4.99 Å². The molecule has 0 radical (unpaired) electrons. The molecule has 0 aliphatic heterocycles. The normalized spacial score (nSPS) is 10.8. The summed E-state index contributed by atoms with van der Waals surface area (Å²) in [5.41, 5.74) is 0.205. The summed E-state index contributed by atoms with van der Waals surface area (Å²) in [6.45, 7) is 0. The van der Waals surface area contributed by atoms with E-state index in [0.29, 0.717) is 10.0 Å². The Labute approximate surface area is 132 Å². The Morgan fingerprint density at radius 2 is 1.82 bits per heavy atom. The summed E-state index contributed by atoms with van der Waals surface area (Å²) in [6.07, 6.45) is 1.32. The van der Waals surface area contributed by atoms with E-state index in [4.69, 9.17) is 0 Å². The summed E-state index contributed by atoms with van der Waals surface area (Å²) in [4.78, 5) is 24.2. The molecule has 0 saturated heterocycles. The number of nitro benzene ring substituents is 2. The second-order valence-electron chi connectivity index (χ2n) is 4.16. The van der Waals surface area contributed by atoms with E-state index in [-0.39, 0.29) is 22.8 Å². The number of aliphatic imine (C=N–C) groups is 1. The number of hydrogen-bond donors (Lipinski definition) is 1. The fourth-order valence-electron chi connectivity index (χ4n) is 1.63. The number of aromatic hydroxyl groups is 1. The largest absolute Gasteiger partial charge is 0.505 e. The zero-order valence-electron chi connectivity index (χ0n) is 10.8. The van der Waals surface area contributed by atoms with Crippen LogP contribution in [0.1, 0.15) is 5.56 Å². The summed E-state index contributed by atoms with van der Waals surface area (Å²) in [7, 11) is 0. The first-order valence-corrected chi connectivity index (χ1v) is 6.63. The van der Waals surface area contributed by atoms with Gasteiger partial charge in [-0.05, 0) is 33.6 Å². The summed E-state index contributed by atoms with van der Waals surface area (Å²) >= 11 is 3.07. The lowest BCUT2D eigenvalue weighted by atomic mass is 10.2. The molecule has 2 rings (SSSR count). The number of rotatable bonds is 4. The summed E-state index contributed by atoms with van der Waals surface area (Å²) in [5.74, 6) is -0.350. The second kappa shape index (κ2) is 6.31. The van der Waals surface area contributed by atoms with E-state index in [1.165, 1.54) is 30.5 Å². The first-order chi connectivity index (χ1) is 10.4. The van der Waals surface area contributed by atoms with Gasteiger partial charge in [0.25, 0.3) is 11.4 Å². The number of benzene rings is 2. The fraction of sp³-hybridized carbons (Fsp3) is 0. The van der Waals surface area contributed by atoms with Crippen LogP contribution in [-0.2, 0) is 0 Å². The van der Waals surface area contributed by atoms with E-state index in [2.05, 4.69) is 20.9 Å². The van der Waals surface area contributed by atoms with Crippen LogP contribution in [0.3, 0.4) is 0 Å². The van der Waals surface area contributed by atoms with E-state index in [1.54, 1.807) is 6.07 Å². The zero-order chi connectivity index (χ0) is 16.3. The maximum atomic E-state index is 10.8. The van der Waals surface area contributed by atoms with E-state index in [0.717, 1.165) is 6.07 Å². The molecule has 0 aromatic heterocycles. The number of halogens is 1. The van der Waals surface area contributed by atoms with Crippen molar-refractivity contribution in [2.75, 3.05) is 0 Å². The van der Waals surface area contributed by atoms with Crippen molar-refractivity contribution < 1.29 is 15.0 Å². The first-order valence-electron chi connectivity index (χ1n) is 5.84. The van der Waals surface area contributed by atoms with Crippen molar-refractivity contribution in [3.8, 4) is 5.75 Å². The third kappa shape index (κ3) is 3.44. The van der Waals surface area contributed by atoms with Gasteiger partial charge in [-0.3, -0.25) is 25.2 Å². The zero-order valence-corrected chi connectivity index (χ0v) is 12.4. The highest BCUT2D eigenvalue weighted by molar-refractivity contribution is 9.10. The monoisotopic (exact) mass is 365 g/mol. The van der Waals surface area contributed by atoms with Crippen LogP contribution in [0, 0.1) is 20.2 Å². The number of nitro groups is 2. The molecular formula is C13H8BrN3O5. The minimum absolute atomic E-state index is 0.114. The molecule has 0 heterocycles. The molecule has 22 heavy (non-hydrogen) atoms. The predicted octanol–water partition coefficient (Wildman–Crippen LogP) is 3.72. The van der Waals surface area contributed by atoms with E-state index >= 15 is 0 Å². The maximum absolute atomic E-state index is 10.8. The minimum atomic E-state index is -0.634. The lowest BCUT2D eigenvalue weighted by Crippen LogP contribution is -1.91. The molecule has 112 valence electrons. The van der Waals surface area contributed by atoms with Crippen LogP contribution in [-0.4, -0.2) is 21.2 Å². The van der Waals surface area contributed by atoms with Crippen LogP contribution in [0.15, 0.2) is 45.9 Å². The Morgan fingerprint density at radius 1 is 1.09 bits per heavy atom. The summed E-state index contributed by atoms with van der Waals surface area (Å²) < 4.78 is 0.341. The van der Waals surface area contributed by atoms with Gasteiger partial charge in [-0.25, -0.2) is 0 Å². The van der Waals surface area contributed by atoms with Gasteiger partial charge in [-0.15, -0.1) is 0 Å². The van der Waals surface area contributed by atoms with Gasteiger partial charge in [-0.2, -0.15) is 0 Å². The lowest BCUT2D eigenvalue weighted by molar-refractivity contribution is -0.385. The lowest BCUT2D eigenvalue weighted by Gasteiger charge is -2.00. The molecule has 0 spiro atoms. The SMILES string of the molecule is O=[N+]([O-])c1ccc(N=Cc2ccc(Br)c([N+](=O)[O-])c2)c(O)c1. The Balaban J connectivity index is 2.31. The quantitative estimate of drug-likeness (QED) is 0.502. The molecule has 1 N–H and O–H groups in total. The molecule has 2 aromatic rings. The topological polar surface area (TPSA) is 119 Å². The Morgan fingerprint density at radius 3 is 2.41 bits per heavy atom. The Bertz CT molecular complexity index is 791. The molecule has 0 amide bonds. The average Bonchev–Trinajstić information content (AvgIpc) is 2.46. The predicted molar refractivity (Wildman–Crippen MR) is 82.8 cm³/mol.